The number of hydrogen-bond donors (Lipinski definition) is 2. The maximum absolute atomic E-state index is 9.45. The Morgan fingerprint density at radius 2 is 1.33 bits per heavy atom. The first kappa shape index (κ1) is 16.9. The quantitative estimate of drug-likeness (QED) is 0.431. The molecular formula is C25H21NO. The van der Waals surface area contributed by atoms with E-state index in [-0.39, 0.29) is 5.75 Å². The molecule has 27 heavy (non-hydrogen) atoms. The van der Waals surface area contributed by atoms with Gasteiger partial charge in [0.2, 0.25) is 0 Å². The highest BCUT2D eigenvalue weighted by Crippen LogP contribution is 2.26. The zero-order valence-corrected chi connectivity index (χ0v) is 15.2. The molecule has 0 radical (unpaired) electrons. The molecule has 4 rings (SSSR count). The molecule has 0 atom stereocenters. The molecule has 0 saturated heterocycles. The molecule has 0 aliphatic rings. The van der Waals surface area contributed by atoms with Gasteiger partial charge in [-0.3, -0.25) is 0 Å². The van der Waals surface area contributed by atoms with Crippen molar-refractivity contribution in [1.82, 2.24) is 4.98 Å². The Balaban J connectivity index is 1.72. The minimum atomic E-state index is 0.279. The number of phenols is 1. The van der Waals surface area contributed by atoms with Crippen molar-refractivity contribution < 1.29 is 5.11 Å². The lowest BCUT2D eigenvalue weighted by Crippen LogP contribution is -1.78. The highest BCUT2D eigenvalue weighted by atomic mass is 16.3. The molecule has 0 unspecified atom stereocenters. The number of H-pyrrole nitrogens is 1. The van der Waals surface area contributed by atoms with Crippen LogP contribution >= 0.6 is 0 Å². The molecule has 1 heterocycles. The summed E-state index contributed by atoms with van der Waals surface area (Å²) < 4.78 is 0. The number of nitrogens with one attached hydrogen (secondary N) is 1. The molecule has 0 spiro atoms. The van der Waals surface area contributed by atoms with Gasteiger partial charge in [0.1, 0.15) is 5.75 Å². The van der Waals surface area contributed by atoms with E-state index in [0.717, 1.165) is 22.3 Å². The second-order valence-corrected chi connectivity index (χ2v) is 6.67. The standard InChI is InChI=1S/C25H21NO/c1-18-6-8-19(9-7-18)13-17-25-23(22-4-2-3-5-24(22)26-25)16-12-20-10-14-21(27)15-11-20/h2-17,26-27H,1H3/b16-12+,17-13+. The fraction of sp³-hybridized carbons (Fsp3) is 0.0400. The molecule has 0 fully saturated rings. The van der Waals surface area contributed by atoms with Gasteiger partial charge in [-0.1, -0.05) is 78.4 Å². The summed E-state index contributed by atoms with van der Waals surface area (Å²) in [6.07, 6.45) is 8.45. The summed E-state index contributed by atoms with van der Waals surface area (Å²) in [5.41, 5.74) is 6.83. The first-order chi connectivity index (χ1) is 13.2. The number of aromatic amines is 1. The van der Waals surface area contributed by atoms with Crippen LogP contribution in [0.4, 0.5) is 0 Å². The molecule has 2 N–H and O–H groups in total. The number of aromatic hydroxyl groups is 1. The van der Waals surface area contributed by atoms with Crippen LogP contribution in [-0.4, -0.2) is 10.1 Å². The van der Waals surface area contributed by atoms with Crippen LogP contribution < -0.4 is 0 Å². The van der Waals surface area contributed by atoms with E-state index >= 15 is 0 Å². The summed E-state index contributed by atoms with van der Waals surface area (Å²) in [6.45, 7) is 2.09. The molecule has 0 aliphatic carbocycles. The first-order valence-corrected chi connectivity index (χ1v) is 9.02. The van der Waals surface area contributed by atoms with Crippen molar-refractivity contribution in [1.29, 1.82) is 0 Å². The number of aryl methyl sites for hydroxylation is 1. The van der Waals surface area contributed by atoms with Crippen LogP contribution in [0, 0.1) is 6.92 Å². The molecule has 0 saturated carbocycles. The van der Waals surface area contributed by atoms with E-state index in [1.54, 1.807) is 12.1 Å². The molecule has 0 bridgehead atoms. The van der Waals surface area contributed by atoms with Crippen LogP contribution in [0.15, 0.2) is 72.8 Å². The molecule has 0 amide bonds. The molecule has 132 valence electrons. The van der Waals surface area contributed by atoms with Crippen LogP contribution in [0.5, 0.6) is 5.75 Å². The van der Waals surface area contributed by atoms with Gasteiger partial charge in [-0.2, -0.15) is 0 Å². The van der Waals surface area contributed by atoms with Gasteiger partial charge in [0, 0.05) is 22.2 Å². The predicted octanol–water partition coefficient (Wildman–Crippen LogP) is 6.52. The summed E-state index contributed by atoms with van der Waals surface area (Å²) in [5.74, 6) is 0.279. The van der Waals surface area contributed by atoms with Crippen molar-refractivity contribution in [2.45, 2.75) is 6.92 Å². The second-order valence-electron chi connectivity index (χ2n) is 6.67. The van der Waals surface area contributed by atoms with Gasteiger partial charge in [0.25, 0.3) is 0 Å². The maximum atomic E-state index is 9.45. The Kier molecular flexibility index (Phi) is 4.63. The van der Waals surface area contributed by atoms with Gasteiger partial charge in [-0.15, -0.1) is 0 Å². The summed E-state index contributed by atoms with van der Waals surface area (Å²) in [5, 5.41) is 10.6. The molecule has 0 aliphatic heterocycles. The van der Waals surface area contributed by atoms with Crippen molar-refractivity contribution in [2.75, 3.05) is 0 Å². The van der Waals surface area contributed by atoms with Crippen LogP contribution in [0.25, 0.3) is 35.2 Å². The van der Waals surface area contributed by atoms with Crippen molar-refractivity contribution in [3.05, 3.63) is 101 Å². The summed E-state index contributed by atoms with van der Waals surface area (Å²) in [6, 6.07) is 24.0. The van der Waals surface area contributed by atoms with E-state index < -0.39 is 0 Å². The van der Waals surface area contributed by atoms with Crippen LogP contribution in [-0.2, 0) is 0 Å². The fourth-order valence-electron chi connectivity index (χ4n) is 3.12. The van der Waals surface area contributed by atoms with Gasteiger partial charge in [0.05, 0.1) is 0 Å². The summed E-state index contributed by atoms with van der Waals surface area (Å²) in [7, 11) is 0. The molecule has 1 aromatic heterocycles. The zero-order valence-electron chi connectivity index (χ0n) is 15.2. The number of benzene rings is 3. The smallest absolute Gasteiger partial charge is 0.115 e. The molecular weight excluding hydrogens is 330 g/mol. The monoisotopic (exact) mass is 351 g/mol. The minimum Gasteiger partial charge on any atom is -0.508 e. The summed E-state index contributed by atoms with van der Waals surface area (Å²) >= 11 is 0. The van der Waals surface area contributed by atoms with E-state index in [0.29, 0.717) is 0 Å². The number of aromatic nitrogens is 1. The van der Waals surface area contributed by atoms with Crippen LogP contribution in [0.2, 0.25) is 0 Å². The van der Waals surface area contributed by atoms with E-state index in [4.69, 9.17) is 0 Å². The molecule has 2 heteroatoms. The van der Waals surface area contributed by atoms with E-state index in [9.17, 15) is 5.11 Å². The van der Waals surface area contributed by atoms with Gasteiger partial charge in [0.15, 0.2) is 0 Å². The normalized spacial score (nSPS) is 11.7. The van der Waals surface area contributed by atoms with Crippen LogP contribution in [0.3, 0.4) is 0 Å². The van der Waals surface area contributed by atoms with Crippen LogP contribution in [0.1, 0.15) is 27.9 Å². The van der Waals surface area contributed by atoms with Gasteiger partial charge < -0.3 is 10.1 Å². The van der Waals surface area contributed by atoms with Crippen molar-refractivity contribution in [3.8, 4) is 5.75 Å². The van der Waals surface area contributed by atoms with E-state index in [1.807, 2.05) is 18.2 Å². The lowest BCUT2D eigenvalue weighted by Gasteiger charge is -1.98. The largest absolute Gasteiger partial charge is 0.508 e. The minimum absolute atomic E-state index is 0.279. The van der Waals surface area contributed by atoms with E-state index in [2.05, 4.69) is 78.7 Å². The van der Waals surface area contributed by atoms with Gasteiger partial charge in [-0.25, -0.2) is 0 Å². The van der Waals surface area contributed by atoms with Gasteiger partial charge in [-0.05, 0) is 42.3 Å². The third kappa shape index (κ3) is 3.85. The number of phenolic OH excluding ortho intramolecular Hbond substituents is 1. The number of rotatable bonds is 4. The Morgan fingerprint density at radius 1 is 0.704 bits per heavy atom. The maximum Gasteiger partial charge on any atom is 0.115 e. The Labute approximate surface area is 159 Å². The van der Waals surface area contributed by atoms with Crippen molar-refractivity contribution in [2.24, 2.45) is 0 Å². The average molecular weight is 351 g/mol. The average Bonchev–Trinajstić information content (AvgIpc) is 3.05. The Hall–Kier alpha value is -3.52. The lowest BCUT2D eigenvalue weighted by atomic mass is 10.1. The summed E-state index contributed by atoms with van der Waals surface area (Å²) in [4.78, 5) is 3.51. The Morgan fingerprint density at radius 3 is 2.07 bits per heavy atom. The Bertz CT molecular complexity index is 1110. The zero-order chi connectivity index (χ0) is 18.6. The number of hydrogen-bond acceptors (Lipinski definition) is 1. The number of fused-ring (bicyclic) bond motifs is 1. The first-order valence-electron chi connectivity index (χ1n) is 9.02. The SMILES string of the molecule is Cc1ccc(/C=C/c2[nH]c3ccccc3c2/C=C/c2ccc(O)cc2)cc1. The lowest BCUT2D eigenvalue weighted by molar-refractivity contribution is 0.475. The molecule has 4 aromatic rings. The topological polar surface area (TPSA) is 36.0 Å². The highest BCUT2D eigenvalue weighted by Gasteiger charge is 2.06. The third-order valence-electron chi connectivity index (χ3n) is 4.63. The predicted molar refractivity (Wildman–Crippen MR) is 115 cm³/mol. The van der Waals surface area contributed by atoms with Crippen molar-refractivity contribution in [3.63, 3.8) is 0 Å². The van der Waals surface area contributed by atoms with E-state index in [1.165, 1.54) is 16.5 Å². The number of para-hydroxylation sites is 1. The molecule has 3 aromatic carbocycles. The second kappa shape index (κ2) is 7.38. The van der Waals surface area contributed by atoms with Crippen molar-refractivity contribution >= 4 is 35.2 Å². The van der Waals surface area contributed by atoms with Gasteiger partial charge >= 0.3 is 0 Å². The highest BCUT2D eigenvalue weighted by molar-refractivity contribution is 5.96. The molecule has 2 nitrogen and oxygen atoms in total. The fourth-order valence-corrected chi connectivity index (χ4v) is 3.12. The third-order valence-corrected chi connectivity index (χ3v) is 4.63.